The maximum Gasteiger partial charge on any atom is 0.264 e. The van der Waals surface area contributed by atoms with Gasteiger partial charge in [-0.05, 0) is 63.2 Å². The number of hydrogen-bond donors (Lipinski definition) is 2. The molecule has 178 valence electrons. The predicted octanol–water partition coefficient (Wildman–Crippen LogP) is 4.73. The summed E-state index contributed by atoms with van der Waals surface area (Å²) in [7, 11) is -4.04. The molecule has 0 heterocycles. The second kappa shape index (κ2) is 10.8. The van der Waals surface area contributed by atoms with Crippen molar-refractivity contribution >= 4 is 49.1 Å². The Labute approximate surface area is 208 Å². The largest absolute Gasteiger partial charge is 0.350 e. The molecule has 0 fully saturated rings. The summed E-state index contributed by atoms with van der Waals surface area (Å²) >= 11 is 3.36. The number of carbonyl (C=O) groups is 2. The zero-order valence-corrected chi connectivity index (χ0v) is 21.5. The molecule has 0 aliphatic rings. The highest BCUT2D eigenvalue weighted by Crippen LogP contribution is 2.27. The molecule has 0 spiro atoms. The van der Waals surface area contributed by atoms with Crippen LogP contribution in [0.5, 0.6) is 0 Å². The van der Waals surface area contributed by atoms with Gasteiger partial charge < -0.3 is 10.6 Å². The molecule has 0 aliphatic heterocycles. The Kier molecular flexibility index (Phi) is 8.11. The summed E-state index contributed by atoms with van der Waals surface area (Å²) in [5.41, 5.74) is 1.84. The zero-order valence-electron chi connectivity index (χ0n) is 19.1. The topological polar surface area (TPSA) is 95.6 Å². The lowest BCUT2D eigenvalue weighted by atomic mass is 10.1. The second-order valence-corrected chi connectivity index (χ2v) is 10.8. The summed E-state index contributed by atoms with van der Waals surface area (Å²) in [5, 5.41) is 5.49. The fraction of sp³-hybridized carbons (Fsp3) is 0.200. The van der Waals surface area contributed by atoms with E-state index in [0.29, 0.717) is 21.4 Å². The van der Waals surface area contributed by atoms with Crippen molar-refractivity contribution in [3.63, 3.8) is 0 Å². The van der Waals surface area contributed by atoms with Crippen LogP contribution in [-0.4, -0.2) is 32.8 Å². The number of amides is 2. The number of nitrogens with zero attached hydrogens (tertiary/aromatic N) is 1. The molecular formula is C25H26BrN3O4S. The third-order valence-electron chi connectivity index (χ3n) is 4.86. The molecule has 0 unspecified atom stereocenters. The van der Waals surface area contributed by atoms with E-state index in [1.165, 1.54) is 12.1 Å². The van der Waals surface area contributed by atoms with Crippen LogP contribution in [0, 0.1) is 6.92 Å². The molecule has 9 heteroatoms. The van der Waals surface area contributed by atoms with E-state index in [0.717, 1.165) is 9.87 Å². The Morgan fingerprint density at radius 2 is 1.65 bits per heavy atom. The fourth-order valence-electron chi connectivity index (χ4n) is 3.23. The number of para-hydroxylation sites is 1. The van der Waals surface area contributed by atoms with Gasteiger partial charge in [-0.1, -0.05) is 51.8 Å². The van der Waals surface area contributed by atoms with Gasteiger partial charge in [0.1, 0.15) is 6.54 Å². The highest BCUT2D eigenvalue weighted by Gasteiger charge is 2.28. The molecule has 2 amide bonds. The average molecular weight is 544 g/mol. The van der Waals surface area contributed by atoms with Crippen LogP contribution in [0.15, 0.2) is 82.2 Å². The number of benzene rings is 3. The van der Waals surface area contributed by atoms with Crippen molar-refractivity contribution in [2.45, 2.75) is 31.7 Å². The minimum Gasteiger partial charge on any atom is -0.350 e. The maximum absolute atomic E-state index is 13.5. The van der Waals surface area contributed by atoms with Gasteiger partial charge in [0.15, 0.2) is 0 Å². The van der Waals surface area contributed by atoms with Crippen molar-refractivity contribution in [3.8, 4) is 0 Å². The fourth-order valence-corrected chi connectivity index (χ4v) is 5.03. The summed E-state index contributed by atoms with van der Waals surface area (Å²) in [6.45, 7) is 5.06. The van der Waals surface area contributed by atoms with Crippen molar-refractivity contribution in [1.82, 2.24) is 5.32 Å². The van der Waals surface area contributed by atoms with Gasteiger partial charge in [-0.25, -0.2) is 8.42 Å². The van der Waals surface area contributed by atoms with Crippen molar-refractivity contribution in [3.05, 3.63) is 88.4 Å². The molecule has 7 nitrogen and oxygen atoms in total. The molecule has 0 bridgehead atoms. The lowest BCUT2D eigenvalue weighted by Crippen LogP contribution is -2.38. The van der Waals surface area contributed by atoms with E-state index in [9.17, 15) is 18.0 Å². The third kappa shape index (κ3) is 6.24. The van der Waals surface area contributed by atoms with Gasteiger partial charge in [0.2, 0.25) is 5.91 Å². The van der Waals surface area contributed by atoms with E-state index in [1.54, 1.807) is 60.7 Å². The summed E-state index contributed by atoms with van der Waals surface area (Å²) in [5.74, 6) is -0.914. The first-order valence-corrected chi connectivity index (χ1v) is 12.9. The van der Waals surface area contributed by atoms with Crippen LogP contribution in [0.4, 0.5) is 11.4 Å². The van der Waals surface area contributed by atoms with E-state index in [1.807, 2.05) is 20.8 Å². The van der Waals surface area contributed by atoms with Gasteiger partial charge in [-0.2, -0.15) is 0 Å². The highest BCUT2D eigenvalue weighted by molar-refractivity contribution is 9.10. The van der Waals surface area contributed by atoms with Crippen LogP contribution in [-0.2, 0) is 14.8 Å². The number of anilines is 2. The molecule has 0 atom stereocenters. The van der Waals surface area contributed by atoms with E-state index in [2.05, 4.69) is 26.6 Å². The Bertz CT molecular complexity index is 1290. The molecule has 0 aliphatic carbocycles. The minimum atomic E-state index is -4.04. The first-order valence-electron chi connectivity index (χ1n) is 10.6. The van der Waals surface area contributed by atoms with Crippen molar-refractivity contribution < 1.29 is 18.0 Å². The van der Waals surface area contributed by atoms with Crippen LogP contribution in [0.25, 0.3) is 0 Å². The maximum atomic E-state index is 13.5. The first-order chi connectivity index (χ1) is 16.1. The van der Waals surface area contributed by atoms with Crippen molar-refractivity contribution in [2.75, 3.05) is 16.2 Å². The molecular weight excluding hydrogens is 518 g/mol. The molecule has 0 radical (unpaired) electrons. The number of rotatable bonds is 8. The van der Waals surface area contributed by atoms with Crippen LogP contribution < -0.4 is 14.9 Å². The van der Waals surface area contributed by atoms with Gasteiger partial charge in [0.25, 0.3) is 15.9 Å². The smallest absolute Gasteiger partial charge is 0.264 e. The minimum absolute atomic E-state index is 0.0718. The van der Waals surface area contributed by atoms with Gasteiger partial charge in [-0.3, -0.25) is 13.9 Å². The Hall–Kier alpha value is -3.17. The zero-order chi connectivity index (χ0) is 24.9. The number of sulfonamides is 1. The number of aryl methyl sites for hydroxylation is 1. The predicted molar refractivity (Wildman–Crippen MR) is 138 cm³/mol. The molecule has 34 heavy (non-hydrogen) atoms. The Morgan fingerprint density at radius 1 is 0.971 bits per heavy atom. The summed E-state index contributed by atoms with van der Waals surface area (Å²) in [6, 6.07) is 19.7. The van der Waals surface area contributed by atoms with Crippen LogP contribution >= 0.6 is 15.9 Å². The van der Waals surface area contributed by atoms with Crippen LogP contribution in [0.3, 0.4) is 0 Å². The number of hydrogen-bond acceptors (Lipinski definition) is 4. The summed E-state index contributed by atoms with van der Waals surface area (Å²) in [4.78, 5) is 25.7. The number of carbonyl (C=O) groups excluding carboxylic acids is 2. The van der Waals surface area contributed by atoms with E-state index >= 15 is 0 Å². The van der Waals surface area contributed by atoms with Gasteiger partial charge in [0.05, 0.1) is 21.8 Å². The number of nitrogens with one attached hydrogen (secondary N) is 2. The molecule has 3 rings (SSSR count). The SMILES string of the molecule is Cc1ccc(S(=O)(=O)N(CC(=O)Nc2ccccc2C(=O)NC(C)C)c2cccc(Br)c2)cc1. The molecule has 0 saturated heterocycles. The summed E-state index contributed by atoms with van der Waals surface area (Å²) in [6.07, 6.45) is 0. The van der Waals surface area contributed by atoms with E-state index < -0.39 is 22.5 Å². The molecule has 3 aromatic rings. The Balaban J connectivity index is 1.93. The standard InChI is InChI=1S/C25H26BrN3O4S/c1-17(2)27-25(31)22-9-4-5-10-23(22)28-24(30)16-29(20-8-6-7-19(26)15-20)34(32,33)21-13-11-18(3)12-14-21/h4-15,17H,16H2,1-3H3,(H,27,31)(H,28,30). The molecule has 0 saturated carbocycles. The van der Waals surface area contributed by atoms with Gasteiger partial charge in [0, 0.05) is 10.5 Å². The van der Waals surface area contributed by atoms with Crippen LogP contribution in [0.1, 0.15) is 29.8 Å². The highest BCUT2D eigenvalue weighted by atomic mass is 79.9. The third-order valence-corrected chi connectivity index (χ3v) is 7.14. The number of halogens is 1. The van der Waals surface area contributed by atoms with Crippen molar-refractivity contribution in [1.29, 1.82) is 0 Å². The van der Waals surface area contributed by atoms with Gasteiger partial charge in [-0.15, -0.1) is 0 Å². The lowest BCUT2D eigenvalue weighted by molar-refractivity contribution is -0.114. The lowest BCUT2D eigenvalue weighted by Gasteiger charge is -2.24. The average Bonchev–Trinajstić information content (AvgIpc) is 2.77. The van der Waals surface area contributed by atoms with E-state index in [-0.39, 0.29) is 16.8 Å². The van der Waals surface area contributed by atoms with Crippen molar-refractivity contribution in [2.24, 2.45) is 0 Å². The summed E-state index contributed by atoms with van der Waals surface area (Å²) < 4.78 is 28.7. The monoisotopic (exact) mass is 543 g/mol. The molecule has 2 N–H and O–H groups in total. The van der Waals surface area contributed by atoms with E-state index in [4.69, 9.17) is 0 Å². The quantitative estimate of drug-likeness (QED) is 0.429. The van der Waals surface area contributed by atoms with Gasteiger partial charge >= 0.3 is 0 Å². The first kappa shape index (κ1) is 25.5. The van der Waals surface area contributed by atoms with Crippen LogP contribution in [0.2, 0.25) is 0 Å². The second-order valence-electron chi connectivity index (χ2n) is 8.03. The molecule has 0 aromatic heterocycles. The Morgan fingerprint density at radius 3 is 2.29 bits per heavy atom. The normalized spacial score (nSPS) is 11.2. The molecule has 3 aromatic carbocycles.